The van der Waals surface area contributed by atoms with Crippen LogP contribution in [0.25, 0.3) is 22.5 Å². The van der Waals surface area contributed by atoms with Crippen LogP contribution in [0.5, 0.6) is 5.75 Å². The summed E-state index contributed by atoms with van der Waals surface area (Å²) < 4.78 is 7.32. The van der Waals surface area contributed by atoms with Crippen LogP contribution in [0.3, 0.4) is 0 Å². The van der Waals surface area contributed by atoms with Gasteiger partial charge in [0.2, 0.25) is 5.95 Å². The quantitative estimate of drug-likeness (QED) is 0.720. The Morgan fingerprint density at radius 3 is 2.67 bits per heavy atom. The topological polar surface area (TPSA) is 95.9 Å². The van der Waals surface area contributed by atoms with E-state index in [2.05, 4.69) is 22.0 Å². The number of para-hydroxylation sites is 1. The van der Waals surface area contributed by atoms with Crippen LogP contribution in [0.2, 0.25) is 0 Å². The summed E-state index contributed by atoms with van der Waals surface area (Å²) in [6.45, 7) is 6.47. The summed E-state index contributed by atoms with van der Waals surface area (Å²) in [7, 11) is 0. The van der Waals surface area contributed by atoms with Crippen molar-refractivity contribution in [1.82, 2.24) is 19.7 Å². The average Bonchev–Trinajstić information content (AvgIpc) is 2.67. The van der Waals surface area contributed by atoms with Crippen molar-refractivity contribution >= 4 is 5.95 Å². The molecule has 0 fully saturated rings. The third-order valence-electron chi connectivity index (χ3n) is 4.00. The second-order valence-corrected chi connectivity index (χ2v) is 6.43. The molecule has 0 unspecified atom stereocenters. The SMILES string of the molecule is CCCOc1ccccc1-c1nc(N)ncc1-c1ccc(=O)n(C(C)C)n1. The monoisotopic (exact) mass is 365 g/mol. The number of aromatic nitrogens is 4. The van der Waals surface area contributed by atoms with Crippen LogP contribution < -0.4 is 16.0 Å². The molecule has 0 saturated carbocycles. The van der Waals surface area contributed by atoms with Crippen molar-refractivity contribution in [3.05, 3.63) is 52.9 Å². The van der Waals surface area contributed by atoms with Gasteiger partial charge in [-0.15, -0.1) is 0 Å². The molecule has 2 N–H and O–H groups in total. The van der Waals surface area contributed by atoms with Gasteiger partial charge in [0.05, 0.1) is 24.0 Å². The number of hydrogen-bond acceptors (Lipinski definition) is 6. The zero-order chi connectivity index (χ0) is 19.4. The van der Waals surface area contributed by atoms with E-state index in [1.807, 2.05) is 38.1 Å². The summed E-state index contributed by atoms with van der Waals surface area (Å²) in [5.41, 5.74) is 8.41. The molecule has 0 aliphatic heterocycles. The predicted molar refractivity (Wildman–Crippen MR) is 106 cm³/mol. The highest BCUT2D eigenvalue weighted by molar-refractivity contribution is 5.81. The summed E-state index contributed by atoms with van der Waals surface area (Å²) in [6.07, 6.45) is 2.53. The van der Waals surface area contributed by atoms with E-state index < -0.39 is 0 Å². The molecule has 0 aliphatic rings. The van der Waals surface area contributed by atoms with E-state index in [-0.39, 0.29) is 17.5 Å². The van der Waals surface area contributed by atoms with Crippen molar-refractivity contribution in [3.63, 3.8) is 0 Å². The highest BCUT2D eigenvalue weighted by Crippen LogP contribution is 2.35. The second kappa shape index (κ2) is 7.99. The molecule has 2 heterocycles. The molecule has 7 nitrogen and oxygen atoms in total. The van der Waals surface area contributed by atoms with E-state index in [1.165, 1.54) is 10.7 Å². The fraction of sp³-hybridized carbons (Fsp3) is 0.300. The van der Waals surface area contributed by atoms with Crippen LogP contribution in [0.1, 0.15) is 33.2 Å². The van der Waals surface area contributed by atoms with Gasteiger partial charge in [-0.3, -0.25) is 4.79 Å². The molecule has 0 radical (unpaired) electrons. The standard InChI is InChI=1S/C20H23N5O2/c1-4-11-27-17-8-6-5-7-14(17)19-15(12-22-20(21)23-19)16-9-10-18(26)25(24-16)13(2)3/h5-10,12-13H,4,11H2,1-3H3,(H2,21,22,23). The lowest BCUT2D eigenvalue weighted by Crippen LogP contribution is -2.24. The Labute approximate surface area is 157 Å². The second-order valence-electron chi connectivity index (χ2n) is 6.43. The average molecular weight is 365 g/mol. The Morgan fingerprint density at radius 2 is 1.93 bits per heavy atom. The van der Waals surface area contributed by atoms with Crippen molar-refractivity contribution in [2.75, 3.05) is 12.3 Å². The first-order valence-corrected chi connectivity index (χ1v) is 8.96. The summed E-state index contributed by atoms with van der Waals surface area (Å²) in [5, 5.41) is 4.49. The van der Waals surface area contributed by atoms with E-state index in [1.54, 1.807) is 12.3 Å². The normalized spacial score (nSPS) is 11.0. The lowest BCUT2D eigenvalue weighted by Gasteiger charge is -2.15. The lowest BCUT2D eigenvalue weighted by atomic mass is 10.0. The maximum atomic E-state index is 12.1. The van der Waals surface area contributed by atoms with E-state index in [0.717, 1.165) is 17.7 Å². The van der Waals surface area contributed by atoms with Gasteiger partial charge in [0, 0.05) is 23.4 Å². The number of hydrogen-bond donors (Lipinski definition) is 1. The maximum Gasteiger partial charge on any atom is 0.267 e. The number of nitrogens with zero attached hydrogens (tertiary/aromatic N) is 4. The first kappa shape index (κ1) is 18.6. The molecule has 27 heavy (non-hydrogen) atoms. The minimum Gasteiger partial charge on any atom is -0.493 e. The van der Waals surface area contributed by atoms with Gasteiger partial charge in [-0.2, -0.15) is 5.10 Å². The van der Waals surface area contributed by atoms with Crippen LogP contribution in [0.15, 0.2) is 47.4 Å². The molecular formula is C20H23N5O2. The van der Waals surface area contributed by atoms with E-state index in [9.17, 15) is 4.79 Å². The van der Waals surface area contributed by atoms with Crippen molar-refractivity contribution in [2.45, 2.75) is 33.2 Å². The van der Waals surface area contributed by atoms with Crippen LogP contribution >= 0.6 is 0 Å². The smallest absolute Gasteiger partial charge is 0.267 e. The molecule has 3 rings (SSSR count). The van der Waals surface area contributed by atoms with Gasteiger partial charge in [-0.05, 0) is 38.5 Å². The number of nitrogens with two attached hydrogens (primary N) is 1. The first-order chi connectivity index (χ1) is 13.0. The van der Waals surface area contributed by atoms with Crippen LogP contribution in [0.4, 0.5) is 5.95 Å². The van der Waals surface area contributed by atoms with Crippen molar-refractivity contribution in [3.8, 4) is 28.3 Å². The number of benzene rings is 1. The summed E-state index contributed by atoms with van der Waals surface area (Å²) in [6, 6.07) is 10.8. The van der Waals surface area contributed by atoms with Gasteiger partial charge < -0.3 is 10.5 Å². The Bertz CT molecular complexity index is 998. The minimum absolute atomic E-state index is 0.0595. The summed E-state index contributed by atoms with van der Waals surface area (Å²) in [5.74, 6) is 0.882. The zero-order valence-corrected chi connectivity index (χ0v) is 15.7. The molecule has 0 saturated heterocycles. The first-order valence-electron chi connectivity index (χ1n) is 8.96. The van der Waals surface area contributed by atoms with Crippen LogP contribution in [-0.2, 0) is 0 Å². The Balaban J connectivity index is 2.19. The molecule has 2 aromatic heterocycles. The van der Waals surface area contributed by atoms with Gasteiger partial charge in [0.1, 0.15) is 5.75 Å². The maximum absolute atomic E-state index is 12.1. The van der Waals surface area contributed by atoms with Gasteiger partial charge in [0.25, 0.3) is 5.56 Å². The number of anilines is 1. The van der Waals surface area contributed by atoms with Gasteiger partial charge in [0.15, 0.2) is 0 Å². The zero-order valence-electron chi connectivity index (χ0n) is 15.7. The van der Waals surface area contributed by atoms with Crippen LogP contribution in [-0.4, -0.2) is 26.4 Å². The Kier molecular flexibility index (Phi) is 5.49. The van der Waals surface area contributed by atoms with E-state index in [0.29, 0.717) is 23.6 Å². The minimum atomic E-state index is -0.154. The predicted octanol–water partition coefficient (Wildman–Crippen LogP) is 3.32. The van der Waals surface area contributed by atoms with Crippen LogP contribution in [0, 0.1) is 0 Å². The fourth-order valence-corrected chi connectivity index (χ4v) is 2.73. The largest absolute Gasteiger partial charge is 0.493 e. The molecule has 0 amide bonds. The molecular weight excluding hydrogens is 342 g/mol. The van der Waals surface area contributed by atoms with Crippen molar-refractivity contribution in [2.24, 2.45) is 0 Å². The number of ether oxygens (including phenoxy) is 1. The van der Waals surface area contributed by atoms with Gasteiger partial charge in [-0.25, -0.2) is 14.6 Å². The van der Waals surface area contributed by atoms with Gasteiger partial charge in [-0.1, -0.05) is 19.1 Å². The molecule has 3 aromatic rings. The lowest BCUT2D eigenvalue weighted by molar-refractivity contribution is 0.318. The summed E-state index contributed by atoms with van der Waals surface area (Å²) >= 11 is 0. The molecule has 0 atom stereocenters. The Morgan fingerprint density at radius 1 is 1.15 bits per heavy atom. The molecule has 0 bridgehead atoms. The van der Waals surface area contributed by atoms with E-state index in [4.69, 9.17) is 10.5 Å². The third kappa shape index (κ3) is 3.97. The highest BCUT2D eigenvalue weighted by Gasteiger charge is 2.17. The molecule has 7 heteroatoms. The Hall–Kier alpha value is -3.22. The number of nitrogen functional groups attached to an aromatic ring is 1. The molecule has 0 aliphatic carbocycles. The van der Waals surface area contributed by atoms with Crippen molar-refractivity contribution in [1.29, 1.82) is 0 Å². The highest BCUT2D eigenvalue weighted by atomic mass is 16.5. The molecule has 1 aromatic carbocycles. The van der Waals surface area contributed by atoms with E-state index >= 15 is 0 Å². The van der Waals surface area contributed by atoms with Gasteiger partial charge >= 0.3 is 0 Å². The molecule has 0 spiro atoms. The molecule has 140 valence electrons. The van der Waals surface area contributed by atoms with Crippen molar-refractivity contribution < 1.29 is 4.74 Å². The number of rotatable bonds is 6. The third-order valence-corrected chi connectivity index (χ3v) is 4.00. The summed E-state index contributed by atoms with van der Waals surface area (Å²) in [4.78, 5) is 20.6. The fourth-order valence-electron chi connectivity index (χ4n) is 2.73.